The van der Waals surface area contributed by atoms with Crippen molar-refractivity contribution >= 4 is 11.6 Å². The fourth-order valence-corrected chi connectivity index (χ4v) is 2.09. The lowest BCUT2D eigenvalue weighted by Crippen LogP contribution is -2.17. The van der Waals surface area contributed by atoms with E-state index in [0.29, 0.717) is 12.1 Å². The SMILES string of the molecule is CCCC(O)c1ccn(CC(=O)Nc2ccc(F)cc2)c1. The molecule has 0 aliphatic carbocycles. The van der Waals surface area contributed by atoms with Crippen LogP contribution in [0.15, 0.2) is 42.7 Å². The number of nitrogens with zero attached hydrogens (tertiary/aromatic N) is 1. The number of hydrogen-bond acceptors (Lipinski definition) is 2. The second-order valence-electron chi connectivity index (χ2n) is 4.98. The highest BCUT2D eigenvalue weighted by atomic mass is 19.1. The lowest BCUT2D eigenvalue weighted by Gasteiger charge is -2.07. The Hall–Kier alpha value is -2.14. The second kappa shape index (κ2) is 7.04. The molecule has 1 amide bonds. The lowest BCUT2D eigenvalue weighted by molar-refractivity contribution is -0.116. The molecule has 0 radical (unpaired) electrons. The standard InChI is InChI=1S/C16H19FN2O2/c1-2-3-15(20)12-8-9-19(10-12)11-16(21)18-14-6-4-13(17)5-7-14/h4-10,15,20H,2-3,11H2,1H3,(H,18,21). The van der Waals surface area contributed by atoms with E-state index in [1.807, 2.05) is 13.0 Å². The van der Waals surface area contributed by atoms with E-state index < -0.39 is 6.10 Å². The van der Waals surface area contributed by atoms with Crippen LogP contribution < -0.4 is 5.32 Å². The molecule has 4 nitrogen and oxygen atoms in total. The predicted molar refractivity (Wildman–Crippen MR) is 79.3 cm³/mol. The Morgan fingerprint density at radius 1 is 1.33 bits per heavy atom. The van der Waals surface area contributed by atoms with Crippen molar-refractivity contribution < 1.29 is 14.3 Å². The number of carbonyl (C=O) groups is 1. The van der Waals surface area contributed by atoms with Crippen LogP contribution in [0.1, 0.15) is 31.4 Å². The molecule has 0 spiro atoms. The largest absolute Gasteiger partial charge is 0.388 e. The van der Waals surface area contributed by atoms with Crippen LogP contribution in [0.4, 0.5) is 10.1 Å². The molecule has 2 rings (SSSR count). The van der Waals surface area contributed by atoms with Gasteiger partial charge in [-0.15, -0.1) is 0 Å². The van der Waals surface area contributed by atoms with E-state index in [9.17, 15) is 14.3 Å². The third kappa shape index (κ3) is 4.43. The molecule has 2 N–H and O–H groups in total. The van der Waals surface area contributed by atoms with Gasteiger partial charge in [0.05, 0.1) is 6.10 Å². The predicted octanol–water partition coefficient (Wildman–Crippen LogP) is 3.10. The molecule has 0 saturated heterocycles. The summed E-state index contributed by atoms with van der Waals surface area (Å²) in [5, 5.41) is 12.6. The summed E-state index contributed by atoms with van der Waals surface area (Å²) in [6.45, 7) is 2.16. The number of nitrogens with one attached hydrogen (secondary N) is 1. The average Bonchev–Trinajstić information content (AvgIpc) is 2.90. The van der Waals surface area contributed by atoms with Gasteiger partial charge in [-0.3, -0.25) is 4.79 Å². The number of hydrogen-bond donors (Lipinski definition) is 2. The average molecular weight is 290 g/mol. The molecule has 0 aliphatic heterocycles. The summed E-state index contributed by atoms with van der Waals surface area (Å²) >= 11 is 0. The van der Waals surface area contributed by atoms with E-state index in [-0.39, 0.29) is 18.3 Å². The number of benzene rings is 1. The van der Waals surface area contributed by atoms with Crippen LogP contribution in [0.2, 0.25) is 0 Å². The third-order valence-corrected chi connectivity index (χ3v) is 3.17. The van der Waals surface area contributed by atoms with Crippen molar-refractivity contribution in [2.45, 2.75) is 32.4 Å². The van der Waals surface area contributed by atoms with E-state index in [4.69, 9.17) is 0 Å². The number of carbonyl (C=O) groups excluding carboxylic acids is 1. The molecular formula is C16H19FN2O2. The van der Waals surface area contributed by atoms with Crippen LogP contribution in [0.3, 0.4) is 0 Å². The van der Waals surface area contributed by atoms with Crippen molar-refractivity contribution in [2.75, 3.05) is 5.32 Å². The lowest BCUT2D eigenvalue weighted by atomic mass is 10.1. The number of amides is 1. The van der Waals surface area contributed by atoms with Crippen molar-refractivity contribution in [1.82, 2.24) is 4.57 Å². The van der Waals surface area contributed by atoms with Gasteiger partial charge in [0, 0.05) is 18.1 Å². The van der Waals surface area contributed by atoms with Crippen molar-refractivity contribution in [1.29, 1.82) is 0 Å². The van der Waals surface area contributed by atoms with Gasteiger partial charge in [0.1, 0.15) is 12.4 Å². The summed E-state index contributed by atoms with van der Waals surface area (Å²) < 4.78 is 14.5. The van der Waals surface area contributed by atoms with E-state index in [1.54, 1.807) is 17.0 Å². The highest BCUT2D eigenvalue weighted by Gasteiger charge is 2.09. The van der Waals surface area contributed by atoms with Crippen molar-refractivity contribution in [2.24, 2.45) is 0 Å². The smallest absolute Gasteiger partial charge is 0.244 e. The first-order valence-electron chi connectivity index (χ1n) is 6.97. The number of aliphatic hydroxyl groups is 1. The van der Waals surface area contributed by atoms with Gasteiger partial charge in [-0.25, -0.2) is 4.39 Å². The summed E-state index contributed by atoms with van der Waals surface area (Å²) in [6.07, 6.45) is 4.64. The van der Waals surface area contributed by atoms with Crippen molar-refractivity contribution in [3.8, 4) is 0 Å². The molecule has 0 saturated carbocycles. The molecule has 1 atom stereocenters. The molecule has 112 valence electrons. The van der Waals surface area contributed by atoms with Crippen LogP contribution in [0, 0.1) is 5.82 Å². The molecule has 5 heteroatoms. The first-order valence-corrected chi connectivity index (χ1v) is 6.97. The summed E-state index contributed by atoms with van der Waals surface area (Å²) in [6, 6.07) is 7.43. The van der Waals surface area contributed by atoms with Gasteiger partial charge < -0.3 is 15.0 Å². The molecule has 2 aromatic rings. The monoisotopic (exact) mass is 290 g/mol. The maximum atomic E-state index is 12.8. The molecule has 21 heavy (non-hydrogen) atoms. The van der Waals surface area contributed by atoms with Gasteiger partial charge in [-0.2, -0.15) is 0 Å². The molecule has 1 aromatic heterocycles. The van der Waals surface area contributed by atoms with E-state index >= 15 is 0 Å². The van der Waals surface area contributed by atoms with Crippen LogP contribution in [0.5, 0.6) is 0 Å². The van der Waals surface area contributed by atoms with E-state index in [0.717, 1.165) is 12.0 Å². The van der Waals surface area contributed by atoms with Crippen molar-refractivity contribution in [3.63, 3.8) is 0 Å². The Labute approximate surface area is 123 Å². The molecular weight excluding hydrogens is 271 g/mol. The van der Waals surface area contributed by atoms with Gasteiger partial charge in [0.25, 0.3) is 0 Å². The number of aliphatic hydroxyl groups excluding tert-OH is 1. The van der Waals surface area contributed by atoms with Gasteiger partial charge in [-0.1, -0.05) is 13.3 Å². The zero-order valence-electron chi connectivity index (χ0n) is 11.9. The summed E-state index contributed by atoms with van der Waals surface area (Å²) in [4.78, 5) is 11.9. The molecule has 0 fully saturated rings. The van der Waals surface area contributed by atoms with Crippen LogP contribution in [0.25, 0.3) is 0 Å². The number of aromatic nitrogens is 1. The Balaban J connectivity index is 1.92. The maximum absolute atomic E-state index is 12.8. The van der Waals surface area contributed by atoms with Gasteiger partial charge >= 0.3 is 0 Å². The fraction of sp³-hybridized carbons (Fsp3) is 0.312. The van der Waals surface area contributed by atoms with Gasteiger partial charge in [0.2, 0.25) is 5.91 Å². The second-order valence-corrected chi connectivity index (χ2v) is 4.98. The molecule has 0 bridgehead atoms. The molecule has 0 aliphatic rings. The zero-order valence-corrected chi connectivity index (χ0v) is 11.9. The highest BCUT2D eigenvalue weighted by molar-refractivity contribution is 5.90. The van der Waals surface area contributed by atoms with Crippen LogP contribution in [-0.2, 0) is 11.3 Å². The summed E-state index contributed by atoms with van der Waals surface area (Å²) in [5.41, 5.74) is 1.37. The Morgan fingerprint density at radius 2 is 2.05 bits per heavy atom. The fourth-order valence-electron chi connectivity index (χ4n) is 2.09. The zero-order chi connectivity index (χ0) is 15.2. The minimum Gasteiger partial charge on any atom is -0.388 e. The first kappa shape index (κ1) is 15.3. The normalized spacial score (nSPS) is 12.1. The van der Waals surface area contributed by atoms with Gasteiger partial charge in [0.15, 0.2) is 0 Å². The topological polar surface area (TPSA) is 54.3 Å². The Kier molecular flexibility index (Phi) is 5.11. The van der Waals surface area contributed by atoms with E-state index in [2.05, 4.69) is 5.32 Å². The van der Waals surface area contributed by atoms with Gasteiger partial charge in [-0.05, 0) is 42.3 Å². The molecule has 1 unspecified atom stereocenters. The van der Waals surface area contributed by atoms with Crippen LogP contribution in [-0.4, -0.2) is 15.6 Å². The minimum absolute atomic E-state index is 0.149. The Bertz CT molecular complexity index is 593. The third-order valence-electron chi connectivity index (χ3n) is 3.17. The number of rotatable bonds is 6. The maximum Gasteiger partial charge on any atom is 0.244 e. The Morgan fingerprint density at radius 3 is 2.71 bits per heavy atom. The quantitative estimate of drug-likeness (QED) is 0.859. The molecule has 1 heterocycles. The summed E-state index contributed by atoms with van der Waals surface area (Å²) in [7, 11) is 0. The van der Waals surface area contributed by atoms with Crippen LogP contribution >= 0.6 is 0 Å². The van der Waals surface area contributed by atoms with Crippen molar-refractivity contribution in [3.05, 3.63) is 54.1 Å². The first-order chi connectivity index (χ1) is 10.1. The summed E-state index contributed by atoms with van der Waals surface area (Å²) in [5.74, 6) is -0.540. The number of halogens is 1. The van der Waals surface area contributed by atoms with E-state index in [1.165, 1.54) is 24.3 Å². The molecule has 1 aromatic carbocycles. The minimum atomic E-state index is -0.489. The highest BCUT2D eigenvalue weighted by Crippen LogP contribution is 2.18. The number of anilines is 1.